The second-order valence-electron chi connectivity index (χ2n) is 5.06. The van der Waals surface area contributed by atoms with Crippen molar-refractivity contribution < 1.29 is 24.2 Å². The zero-order valence-corrected chi connectivity index (χ0v) is 12.4. The van der Waals surface area contributed by atoms with E-state index in [9.17, 15) is 14.4 Å². The van der Waals surface area contributed by atoms with E-state index in [0.29, 0.717) is 26.3 Å². The Morgan fingerprint density at radius 1 is 1.24 bits per heavy atom. The summed E-state index contributed by atoms with van der Waals surface area (Å²) in [4.78, 5) is 35.9. The van der Waals surface area contributed by atoms with E-state index in [2.05, 4.69) is 10.6 Å². The molecule has 2 atom stereocenters. The van der Waals surface area contributed by atoms with Crippen LogP contribution in [0.4, 0.5) is 4.79 Å². The molecule has 1 rings (SSSR count). The van der Waals surface area contributed by atoms with Crippen molar-refractivity contribution in [1.29, 1.82) is 0 Å². The lowest BCUT2D eigenvalue weighted by molar-refractivity contribution is -0.141. The molecule has 0 aromatic heterocycles. The van der Waals surface area contributed by atoms with Gasteiger partial charge in [-0.1, -0.05) is 0 Å². The van der Waals surface area contributed by atoms with E-state index in [1.807, 2.05) is 0 Å². The third-order valence-electron chi connectivity index (χ3n) is 3.49. The molecule has 3 amide bonds. The van der Waals surface area contributed by atoms with Crippen LogP contribution < -0.4 is 10.6 Å². The minimum Gasteiger partial charge on any atom is -0.481 e. The van der Waals surface area contributed by atoms with Gasteiger partial charge in [-0.3, -0.25) is 9.59 Å². The third kappa shape index (κ3) is 5.99. The van der Waals surface area contributed by atoms with Crippen molar-refractivity contribution in [3.05, 3.63) is 0 Å². The minimum atomic E-state index is -0.967. The molecule has 0 bridgehead atoms. The van der Waals surface area contributed by atoms with Crippen LogP contribution in [0.3, 0.4) is 0 Å². The Morgan fingerprint density at radius 3 is 2.43 bits per heavy atom. The summed E-state index contributed by atoms with van der Waals surface area (Å²) in [6, 6.07) is -0.956. The topological polar surface area (TPSA) is 108 Å². The van der Waals surface area contributed by atoms with E-state index in [-0.39, 0.29) is 18.9 Å². The standard InChI is InChI=1S/C13H23N3O5/c1-9(12(18)19)10(2)15-13(20)14-4-3-11(17)16-5-7-21-8-6-16/h9-10H,3-8H2,1-2H3,(H,18,19)(H2,14,15,20). The summed E-state index contributed by atoms with van der Waals surface area (Å²) >= 11 is 0. The third-order valence-corrected chi connectivity index (χ3v) is 3.49. The molecule has 8 nitrogen and oxygen atoms in total. The fraction of sp³-hybridized carbons (Fsp3) is 0.769. The van der Waals surface area contributed by atoms with Crippen LogP contribution in [0.15, 0.2) is 0 Å². The molecule has 1 fully saturated rings. The highest BCUT2D eigenvalue weighted by Crippen LogP contribution is 2.02. The van der Waals surface area contributed by atoms with Crippen molar-refractivity contribution in [3.63, 3.8) is 0 Å². The largest absolute Gasteiger partial charge is 0.481 e. The number of carbonyl (C=O) groups is 3. The van der Waals surface area contributed by atoms with Crippen LogP contribution in [0.25, 0.3) is 0 Å². The molecule has 1 aliphatic rings. The first kappa shape index (κ1) is 17.2. The summed E-state index contributed by atoms with van der Waals surface area (Å²) in [5, 5.41) is 13.9. The minimum absolute atomic E-state index is 0.0226. The Labute approximate surface area is 123 Å². The fourth-order valence-electron chi connectivity index (χ4n) is 1.85. The number of carboxylic acids is 1. The summed E-state index contributed by atoms with van der Waals surface area (Å²) < 4.78 is 5.16. The van der Waals surface area contributed by atoms with Gasteiger partial charge in [-0.25, -0.2) is 4.79 Å². The molecule has 0 aromatic rings. The van der Waals surface area contributed by atoms with Gasteiger partial charge in [0.15, 0.2) is 0 Å². The maximum absolute atomic E-state index is 11.8. The molecule has 0 radical (unpaired) electrons. The molecule has 0 aromatic carbocycles. The Balaban J connectivity index is 2.20. The molecule has 2 unspecified atom stereocenters. The molecule has 0 aliphatic carbocycles. The number of nitrogens with one attached hydrogen (secondary N) is 2. The molecule has 0 spiro atoms. The highest BCUT2D eigenvalue weighted by molar-refractivity contribution is 5.79. The summed E-state index contributed by atoms with van der Waals surface area (Å²) in [7, 11) is 0. The van der Waals surface area contributed by atoms with Gasteiger partial charge in [0.25, 0.3) is 0 Å². The van der Waals surface area contributed by atoms with E-state index < -0.39 is 24.0 Å². The van der Waals surface area contributed by atoms with E-state index in [1.54, 1.807) is 11.8 Å². The average molecular weight is 301 g/mol. The summed E-state index contributed by atoms with van der Waals surface area (Å²) in [5.74, 6) is -1.67. The first-order chi connectivity index (χ1) is 9.91. The van der Waals surface area contributed by atoms with Crippen molar-refractivity contribution in [2.75, 3.05) is 32.8 Å². The quantitative estimate of drug-likeness (QED) is 0.621. The van der Waals surface area contributed by atoms with Gasteiger partial charge in [0, 0.05) is 32.1 Å². The monoisotopic (exact) mass is 301 g/mol. The predicted octanol–water partition coefficient (Wildman–Crippen LogP) is -0.356. The number of carboxylic acid groups (broad SMARTS) is 1. The number of carbonyl (C=O) groups excluding carboxylic acids is 2. The molecule has 1 aliphatic heterocycles. The van der Waals surface area contributed by atoms with Gasteiger partial charge in [0.1, 0.15) is 0 Å². The Hall–Kier alpha value is -1.83. The van der Waals surface area contributed by atoms with Gasteiger partial charge in [-0.15, -0.1) is 0 Å². The molecule has 120 valence electrons. The number of ether oxygens (including phenoxy) is 1. The molecule has 0 saturated carbocycles. The van der Waals surface area contributed by atoms with Crippen LogP contribution in [0, 0.1) is 5.92 Å². The normalized spacial score (nSPS) is 17.7. The number of amides is 3. The lowest BCUT2D eigenvalue weighted by Gasteiger charge is -2.27. The van der Waals surface area contributed by atoms with Gasteiger partial charge >= 0.3 is 12.0 Å². The Morgan fingerprint density at radius 2 is 1.86 bits per heavy atom. The predicted molar refractivity (Wildman–Crippen MR) is 74.8 cm³/mol. The highest BCUT2D eigenvalue weighted by Gasteiger charge is 2.21. The molecule has 1 saturated heterocycles. The van der Waals surface area contributed by atoms with Gasteiger partial charge in [-0.05, 0) is 13.8 Å². The van der Waals surface area contributed by atoms with E-state index in [1.165, 1.54) is 6.92 Å². The Kier molecular flexibility index (Phi) is 6.93. The van der Waals surface area contributed by atoms with Crippen molar-refractivity contribution >= 4 is 17.9 Å². The highest BCUT2D eigenvalue weighted by atomic mass is 16.5. The first-order valence-corrected chi connectivity index (χ1v) is 7.04. The summed E-state index contributed by atoms with van der Waals surface area (Å²) in [5.41, 5.74) is 0. The first-order valence-electron chi connectivity index (χ1n) is 7.04. The lowest BCUT2D eigenvalue weighted by Crippen LogP contribution is -2.46. The number of rotatable bonds is 6. The van der Waals surface area contributed by atoms with Crippen molar-refractivity contribution in [2.45, 2.75) is 26.3 Å². The van der Waals surface area contributed by atoms with Gasteiger partial charge < -0.3 is 25.4 Å². The van der Waals surface area contributed by atoms with E-state index in [0.717, 1.165) is 0 Å². The second kappa shape index (κ2) is 8.46. The number of hydrogen-bond donors (Lipinski definition) is 3. The number of aliphatic carboxylic acids is 1. The van der Waals surface area contributed by atoms with Crippen LogP contribution >= 0.6 is 0 Å². The molecule has 3 N–H and O–H groups in total. The average Bonchev–Trinajstić information content (AvgIpc) is 2.46. The van der Waals surface area contributed by atoms with E-state index in [4.69, 9.17) is 9.84 Å². The molecule has 21 heavy (non-hydrogen) atoms. The molecule has 8 heteroatoms. The lowest BCUT2D eigenvalue weighted by atomic mass is 10.0. The zero-order valence-electron chi connectivity index (χ0n) is 12.4. The number of hydrogen-bond acceptors (Lipinski definition) is 4. The van der Waals surface area contributed by atoms with Crippen molar-refractivity contribution in [2.24, 2.45) is 5.92 Å². The second-order valence-corrected chi connectivity index (χ2v) is 5.06. The maximum atomic E-state index is 11.8. The number of morpholine rings is 1. The van der Waals surface area contributed by atoms with Crippen molar-refractivity contribution in [3.8, 4) is 0 Å². The van der Waals surface area contributed by atoms with Crippen LogP contribution in [0.1, 0.15) is 20.3 Å². The van der Waals surface area contributed by atoms with Crippen LogP contribution in [0.5, 0.6) is 0 Å². The fourth-order valence-corrected chi connectivity index (χ4v) is 1.85. The zero-order chi connectivity index (χ0) is 15.8. The summed E-state index contributed by atoms with van der Waals surface area (Å²) in [6.45, 7) is 5.62. The van der Waals surface area contributed by atoms with Crippen LogP contribution in [-0.4, -0.2) is 66.8 Å². The smallest absolute Gasteiger partial charge is 0.315 e. The number of urea groups is 1. The van der Waals surface area contributed by atoms with Crippen LogP contribution in [0.2, 0.25) is 0 Å². The van der Waals surface area contributed by atoms with Gasteiger partial charge in [0.05, 0.1) is 19.1 Å². The summed E-state index contributed by atoms with van der Waals surface area (Å²) in [6.07, 6.45) is 0.219. The molecular formula is C13H23N3O5. The van der Waals surface area contributed by atoms with E-state index >= 15 is 0 Å². The SMILES string of the molecule is CC(NC(=O)NCCC(=O)N1CCOCC1)C(C)C(=O)O. The van der Waals surface area contributed by atoms with Crippen molar-refractivity contribution in [1.82, 2.24) is 15.5 Å². The molecule has 1 heterocycles. The number of nitrogens with zero attached hydrogens (tertiary/aromatic N) is 1. The van der Waals surface area contributed by atoms with Gasteiger partial charge in [0.2, 0.25) is 5.91 Å². The maximum Gasteiger partial charge on any atom is 0.315 e. The van der Waals surface area contributed by atoms with Gasteiger partial charge in [-0.2, -0.15) is 0 Å². The van der Waals surface area contributed by atoms with Crippen LogP contribution in [-0.2, 0) is 14.3 Å². The Bertz CT molecular complexity index is 382. The molecular weight excluding hydrogens is 278 g/mol.